The maximum absolute atomic E-state index is 8.96. The molecule has 4 nitrogen and oxygen atoms in total. The zero-order valence-electron chi connectivity index (χ0n) is 4.90. The monoisotopic (exact) mass is 148 g/mol. The minimum absolute atomic E-state index is 0.370. The van der Waals surface area contributed by atoms with E-state index in [9.17, 15) is 0 Å². The molecule has 0 spiro atoms. The lowest BCUT2D eigenvalue weighted by atomic mass is 10.5. The predicted octanol–water partition coefficient (Wildman–Crippen LogP) is -1.56. The summed E-state index contributed by atoms with van der Waals surface area (Å²) in [5, 5.41) is 20.7. The molecule has 1 rings (SSSR count). The summed E-state index contributed by atoms with van der Waals surface area (Å²) < 4.78 is 0. The Balaban J connectivity index is 2.65. The number of aliphatic hydroxyl groups excluding tert-OH is 2. The molecule has 0 aromatic carbocycles. The number of aliphatic hydroxyl groups is 2. The lowest BCUT2D eigenvalue weighted by molar-refractivity contribution is -0.0235. The molecule has 5 heteroatoms. The fourth-order valence-electron chi connectivity index (χ4n) is 0.635. The summed E-state index contributed by atoms with van der Waals surface area (Å²) in [6, 6.07) is 0. The molecule has 0 saturated carbocycles. The summed E-state index contributed by atoms with van der Waals surface area (Å²) in [6.45, 7) is 0. The van der Waals surface area contributed by atoms with E-state index >= 15 is 0 Å². The van der Waals surface area contributed by atoms with Gasteiger partial charge in [0.2, 0.25) is 0 Å². The molecule has 52 valence electrons. The van der Waals surface area contributed by atoms with E-state index in [1.165, 1.54) is 4.90 Å². The van der Waals surface area contributed by atoms with Gasteiger partial charge in [-0.3, -0.25) is 0 Å². The van der Waals surface area contributed by atoms with Crippen LogP contribution >= 0.6 is 12.2 Å². The Kier molecular flexibility index (Phi) is 1.56. The number of nitrogens with zero attached hydrogens (tertiary/aromatic N) is 1. The van der Waals surface area contributed by atoms with E-state index in [1.807, 2.05) is 0 Å². The Morgan fingerprint density at radius 3 is 2.33 bits per heavy atom. The molecule has 0 aliphatic carbocycles. The van der Waals surface area contributed by atoms with Crippen LogP contribution < -0.4 is 5.32 Å². The maximum Gasteiger partial charge on any atom is 0.173 e. The largest absolute Gasteiger partial charge is 0.369 e. The van der Waals surface area contributed by atoms with Gasteiger partial charge in [0.25, 0.3) is 0 Å². The lowest BCUT2D eigenvalue weighted by Crippen LogP contribution is -2.33. The van der Waals surface area contributed by atoms with Crippen molar-refractivity contribution in [3.8, 4) is 0 Å². The van der Waals surface area contributed by atoms with Crippen LogP contribution in [0.1, 0.15) is 0 Å². The predicted molar refractivity (Wildman–Crippen MR) is 35.5 cm³/mol. The first-order chi connectivity index (χ1) is 4.13. The van der Waals surface area contributed by atoms with Gasteiger partial charge in [-0.15, -0.1) is 0 Å². The van der Waals surface area contributed by atoms with E-state index in [0.717, 1.165) is 0 Å². The van der Waals surface area contributed by atoms with Gasteiger partial charge in [-0.25, -0.2) is 0 Å². The summed E-state index contributed by atoms with van der Waals surface area (Å²) in [7, 11) is 1.61. The number of thiocarbonyl (C=S) groups is 1. The van der Waals surface area contributed by atoms with E-state index in [-0.39, 0.29) is 0 Å². The van der Waals surface area contributed by atoms with Gasteiger partial charge in [-0.1, -0.05) is 0 Å². The lowest BCUT2D eigenvalue weighted by Gasteiger charge is -2.13. The highest BCUT2D eigenvalue weighted by Crippen LogP contribution is 2.05. The van der Waals surface area contributed by atoms with Crippen molar-refractivity contribution >= 4 is 17.3 Å². The molecule has 1 saturated heterocycles. The quantitative estimate of drug-likeness (QED) is 0.363. The molecule has 0 aromatic rings. The number of rotatable bonds is 0. The van der Waals surface area contributed by atoms with Crippen LogP contribution in [0.15, 0.2) is 0 Å². The van der Waals surface area contributed by atoms with Gasteiger partial charge in [-0.05, 0) is 12.2 Å². The number of hydrogen-bond donors (Lipinski definition) is 3. The molecule has 1 aliphatic rings. The van der Waals surface area contributed by atoms with Crippen LogP contribution in [0.2, 0.25) is 0 Å². The van der Waals surface area contributed by atoms with E-state index in [2.05, 4.69) is 5.32 Å². The van der Waals surface area contributed by atoms with E-state index in [0.29, 0.717) is 5.11 Å². The van der Waals surface area contributed by atoms with Gasteiger partial charge in [0.05, 0.1) is 0 Å². The minimum atomic E-state index is -0.942. The molecule has 9 heavy (non-hydrogen) atoms. The van der Waals surface area contributed by atoms with Crippen molar-refractivity contribution in [3.63, 3.8) is 0 Å². The number of nitrogens with one attached hydrogen (secondary N) is 1. The molecule has 0 bridgehead atoms. The van der Waals surface area contributed by atoms with Gasteiger partial charge in [0, 0.05) is 7.05 Å². The van der Waals surface area contributed by atoms with Gasteiger partial charge < -0.3 is 20.4 Å². The summed E-state index contributed by atoms with van der Waals surface area (Å²) in [6.07, 6.45) is -1.85. The normalized spacial score (nSPS) is 35.0. The maximum atomic E-state index is 8.96. The summed E-state index contributed by atoms with van der Waals surface area (Å²) >= 11 is 4.69. The van der Waals surface area contributed by atoms with Crippen LogP contribution in [0.5, 0.6) is 0 Å². The van der Waals surface area contributed by atoms with Crippen LogP contribution in [0.3, 0.4) is 0 Å². The van der Waals surface area contributed by atoms with Crippen molar-refractivity contribution in [2.75, 3.05) is 7.05 Å². The van der Waals surface area contributed by atoms with Crippen molar-refractivity contribution in [1.82, 2.24) is 10.2 Å². The highest BCUT2D eigenvalue weighted by molar-refractivity contribution is 7.80. The molecule has 1 heterocycles. The Morgan fingerprint density at radius 2 is 2.22 bits per heavy atom. The van der Waals surface area contributed by atoms with Gasteiger partial charge in [0.15, 0.2) is 17.6 Å². The zero-order valence-corrected chi connectivity index (χ0v) is 5.72. The van der Waals surface area contributed by atoms with E-state index < -0.39 is 12.5 Å². The minimum Gasteiger partial charge on any atom is -0.369 e. The SMILES string of the molecule is CN1C(=S)N[C@H](O)[C@H]1O. The Bertz CT molecular complexity index is 141. The van der Waals surface area contributed by atoms with Crippen molar-refractivity contribution < 1.29 is 10.2 Å². The first kappa shape index (κ1) is 6.73. The van der Waals surface area contributed by atoms with Gasteiger partial charge in [0.1, 0.15) is 0 Å². The van der Waals surface area contributed by atoms with E-state index in [4.69, 9.17) is 22.4 Å². The second-order valence-corrected chi connectivity index (χ2v) is 2.31. The van der Waals surface area contributed by atoms with Crippen molar-refractivity contribution in [3.05, 3.63) is 0 Å². The van der Waals surface area contributed by atoms with E-state index in [1.54, 1.807) is 7.05 Å². The Labute approximate surface area is 58.1 Å². The summed E-state index contributed by atoms with van der Waals surface area (Å²) in [5.41, 5.74) is 0. The van der Waals surface area contributed by atoms with Crippen LogP contribution in [0, 0.1) is 0 Å². The molecule has 0 unspecified atom stereocenters. The molecule has 1 fully saturated rings. The van der Waals surface area contributed by atoms with Crippen LogP contribution in [0.4, 0.5) is 0 Å². The number of hydrogen-bond acceptors (Lipinski definition) is 3. The summed E-state index contributed by atoms with van der Waals surface area (Å²) in [4.78, 5) is 1.39. The highest BCUT2D eigenvalue weighted by atomic mass is 32.1. The van der Waals surface area contributed by atoms with Crippen molar-refractivity contribution in [2.45, 2.75) is 12.5 Å². The first-order valence-corrected chi connectivity index (χ1v) is 2.93. The third-order valence-corrected chi connectivity index (χ3v) is 1.68. The topological polar surface area (TPSA) is 55.7 Å². The Hall–Kier alpha value is -0.390. The fraction of sp³-hybridized carbons (Fsp3) is 0.750. The molecule has 0 radical (unpaired) electrons. The van der Waals surface area contributed by atoms with Crippen LogP contribution in [-0.4, -0.2) is 39.7 Å². The molecule has 0 aromatic heterocycles. The second kappa shape index (κ2) is 2.09. The summed E-state index contributed by atoms with van der Waals surface area (Å²) in [5.74, 6) is 0. The first-order valence-electron chi connectivity index (χ1n) is 2.52. The van der Waals surface area contributed by atoms with Gasteiger partial charge in [-0.2, -0.15) is 0 Å². The average Bonchev–Trinajstić information content (AvgIpc) is 1.98. The zero-order chi connectivity index (χ0) is 7.02. The smallest absolute Gasteiger partial charge is 0.173 e. The second-order valence-electron chi connectivity index (χ2n) is 1.92. The molecule has 0 amide bonds. The Morgan fingerprint density at radius 1 is 1.67 bits per heavy atom. The average molecular weight is 148 g/mol. The molecular formula is C4H8N2O2S. The molecule has 1 aliphatic heterocycles. The number of likely N-dealkylation sites (N-methyl/N-ethyl adjacent to an activating group) is 1. The van der Waals surface area contributed by atoms with Crippen LogP contribution in [0.25, 0.3) is 0 Å². The third-order valence-electron chi connectivity index (χ3n) is 1.27. The standard InChI is InChI=1S/C4H8N2O2S/c1-6-3(8)2(7)5-4(6)9/h2-3,7-8H,1H3,(H,5,9)/t2-,3-/m1/s1. The molecule has 2 atom stereocenters. The van der Waals surface area contributed by atoms with Crippen LogP contribution in [-0.2, 0) is 0 Å². The molecular weight excluding hydrogens is 140 g/mol. The van der Waals surface area contributed by atoms with Crippen molar-refractivity contribution in [2.24, 2.45) is 0 Å². The van der Waals surface area contributed by atoms with Crippen molar-refractivity contribution in [1.29, 1.82) is 0 Å². The third kappa shape index (κ3) is 0.983. The highest BCUT2D eigenvalue weighted by Gasteiger charge is 2.30. The van der Waals surface area contributed by atoms with Gasteiger partial charge >= 0.3 is 0 Å². The molecule has 3 N–H and O–H groups in total. The fourth-order valence-corrected chi connectivity index (χ4v) is 0.864.